The second-order valence-electron chi connectivity index (χ2n) is 5.35. The van der Waals surface area contributed by atoms with Gasteiger partial charge in [-0.25, -0.2) is 4.79 Å². The second kappa shape index (κ2) is 7.20. The topological polar surface area (TPSA) is 50.8 Å². The molecule has 0 saturated carbocycles. The van der Waals surface area contributed by atoms with Crippen molar-refractivity contribution >= 4 is 6.03 Å². The van der Waals surface area contributed by atoms with E-state index in [2.05, 4.69) is 12.2 Å². The van der Waals surface area contributed by atoms with Crippen molar-refractivity contribution in [3.8, 4) is 11.5 Å². The quantitative estimate of drug-likeness (QED) is 0.928. The van der Waals surface area contributed by atoms with Crippen LogP contribution in [0.2, 0.25) is 0 Å². The Balaban J connectivity index is 2.01. The van der Waals surface area contributed by atoms with Crippen molar-refractivity contribution in [2.24, 2.45) is 0 Å². The van der Waals surface area contributed by atoms with E-state index in [1.54, 1.807) is 14.2 Å². The summed E-state index contributed by atoms with van der Waals surface area (Å²) < 4.78 is 10.6. The van der Waals surface area contributed by atoms with E-state index < -0.39 is 0 Å². The summed E-state index contributed by atoms with van der Waals surface area (Å²) >= 11 is 0. The highest BCUT2D eigenvalue weighted by molar-refractivity contribution is 5.74. The lowest BCUT2D eigenvalue weighted by Gasteiger charge is -2.33. The number of nitrogens with one attached hydrogen (secondary N) is 1. The van der Waals surface area contributed by atoms with Crippen LogP contribution in [0.5, 0.6) is 11.5 Å². The predicted molar refractivity (Wildman–Crippen MR) is 81.8 cm³/mol. The van der Waals surface area contributed by atoms with Crippen molar-refractivity contribution in [3.05, 3.63) is 23.8 Å². The maximum atomic E-state index is 12.3. The van der Waals surface area contributed by atoms with E-state index in [1.165, 1.54) is 6.42 Å². The van der Waals surface area contributed by atoms with Crippen LogP contribution in [-0.2, 0) is 6.54 Å². The Morgan fingerprint density at radius 3 is 2.81 bits per heavy atom. The van der Waals surface area contributed by atoms with Crippen LogP contribution < -0.4 is 14.8 Å². The summed E-state index contributed by atoms with van der Waals surface area (Å²) in [5.74, 6) is 1.35. The van der Waals surface area contributed by atoms with Crippen LogP contribution >= 0.6 is 0 Å². The number of carbonyl (C=O) groups is 1. The number of piperidine rings is 1. The maximum Gasteiger partial charge on any atom is 0.317 e. The Morgan fingerprint density at radius 2 is 2.14 bits per heavy atom. The molecule has 116 valence electrons. The van der Waals surface area contributed by atoms with Crippen LogP contribution in [0.25, 0.3) is 0 Å². The van der Waals surface area contributed by atoms with Crippen LogP contribution in [0.1, 0.15) is 31.7 Å². The molecule has 5 heteroatoms. The average Bonchev–Trinajstić information content (AvgIpc) is 2.52. The predicted octanol–water partition coefficient (Wildman–Crippen LogP) is 2.79. The van der Waals surface area contributed by atoms with Gasteiger partial charge in [0.05, 0.1) is 14.2 Å². The van der Waals surface area contributed by atoms with Crippen molar-refractivity contribution in [1.82, 2.24) is 10.2 Å². The molecule has 1 heterocycles. The summed E-state index contributed by atoms with van der Waals surface area (Å²) in [4.78, 5) is 14.2. The first-order valence-electron chi connectivity index (χ1n) is 7.41. The highest BCUT2D eigenvalue weighted by Crippen LogP contribution is 2.30. The Morgan fingerprint density at radius 1 is 1.33 bits per heavy atom. The first-order chi connectivity index (χ1) is 10.2. The van der Waals surface area contributed by atoms with Gasteiger partial charge in [-0.1, -0.05) is 12.1 Å². The number of methoxy groups -OCH3 is 2. The molecule has 2 rings (SSSR count). The summed E-state index contributed by atoms with van der Waals surface area (Å²) in [5.41, 5.74) is 0.912. The van der Waals surface area contributed by atoms with Crippen LogP contribution in [0, 0.1) is 0 Å². The van der Waals surface area contributed by atoms with Crippen molar-refractivity contribution in [3.63, 3.8) is 0 Å². The zero-order valence-corrected chi connectivity index (χ0v) is 13.0. The van der Waals surface area contributed by atoms with Crippen molar-refractivity contribution in [2.45, 2.75) is 38.8 Å². The minimum atomic E-state index is -0.00734. The lowest BCUT2D eigenvalue weighted by molar-refractivity contribution is 0.157. The maximum absolute atomic E-state index is 12.3. The highest BCUT2D eigenvalue weighted by Gasteiger charge is 2.23. The van der Waals surface area contributed by atoms with Crippen LogP contribution in [0.3, 0.4) is 0 Å². The van der Waals surface area contributed by atoms with Gasteiger partial charge >= 0.3 is 6.03 Å². The van der Waals surface area contributed by atoms with E-state index >= 15 is 0 Å². The molecular formula is C16H24N2O3. The largest absolute Gasteiger partial charge is 0.493 e. The number of hydrogen-bond acceptors (Lipinski definition) is 3. The molecule has 1 fully saturated rings. The molecule has 0 aliphatic carbocycles. The van der Waals surface area contributed by atoms with Gasteiger partial charge in [-0.05, 0) is 32.3 Å². The van der Waals surface area contributed by atoms with Gasteiger partial charge in [-0.3, -0.25) is 0 Å². The number of ether oxygens (including phenoxy) is 2. The standard InChI is InChI=1S/C16H24N2O3/c1-12-7-4-5-10-18(12)16(19)17-11-13-8-6-9-14(20-2)15(13)21-3/h6,8-9,12H,4-5,7,10-11H2,1-3H3,(H,17,19). The zero-order valence-electron chi connectivity index (χ0n) is 13.0. The molecular weight excluding hydrogens is 268 g/mol. The van der Waals surface area contributed by atoms with Gasteiger partial charge in [0.25, 0.3) is 0 Å². The molecule has 0 aromatic heterocycles. The molecule has 1 saturated heterocycles. The molecule has 1 aromatic rings. The molecule has 1 N–H and O–H groups in total. The Bertz CT molecular complexity index is 490. The average molecular weight is 292 g/mol. The van der Waals surface area contributed by atoms with Gasteiger partial charge in [-0.15, -0.1) is 0 Å². The van der Waals surface area contributed by atoms with Gasteiger partial charge in [0.2, 0.25) is 0 Å². The minimum absolute atomic E-state index is 0.00734. The molecule has 1 atom stereocenters. The van der Waals surface area contributed by atoms with Crippen molar-refractivity contribution in [2.75, 3.05) is 20.8 Å². The molecule has 0 spiro atoms. The van der Waals surface area contributed by atoms with Gasteiger partial charge < -0.3 is 19.7 Å². The minimum Gasteiger partial charge on any atom is -0.493 e. The molecule has 0 bridgehead atoms. The fourth-order valence-corrected chi connectivity index (χ4v) is 2.77. The third kappa shape index (κ3) is 3.60. The molecule has 1 unspecified atom stereocenters. The molecule has 2 amide bonds. The lowest BCUT2D eigenvalue weighted by Crippen LogP contribution is -2.47. The number of carbonyl (C=O) groups excluding carboxylic acids is 1. The fraction of sp³-hybridized carbons (Fsp3) is 0.562. The molecule has 1 aromatic carbocycles. The first kappa shape index (κ1) is 15.5. The van der Waals surface area contributed by atoms with Crippen LogP contribution in [0.15, 0.2) is 18.2 Å². The fourth-order valence-electron chi connectivity index (χ4n) is 2.77. The number of urea groups is 1. The molecule has 21 heavy (non-hydrogen) atoms. The number of nitrogens with zero attached hydrogens (tertiary/aromatic N) is 1. The summed E-state index contributed by atoms with van der Waals surface area (Å²) in [6.07, 6.45) is 3.37. The Hall–Kier alpha value is -1.91. The molecule has 0 radical (unpaired) electrons. The Kier molecular flexibility index (Phi) is 5.31. The second-order valence-corrected chi connectivity index (χ2v) is 5.35. The van der Waals surface area contributed by atoms with Gasteiger partial charge in [0.1, 0.15) is 0 Å². The summed E-state index contributed by atoms with van der Waals surface area (Å²) in [6.45, 7) is 3.37. The van der Waals surface area contributed by atoms with E-state index in [9.17, 15) is 4.79 Å². The number of hydrogen-bond donors (Lipinski definition) is 1. The monoisotopic (exact) mass is 292 g/mol. The first-order valence-corrected chi connectivity index (χ1v) is 7.41. The number of rotatable bonds is 4. The third-order valence-corrected chi connectivity index (χ3v) is 3.98. The molecule has 5 nitrogen and oxygen atoms in total. The van der Waals surface area contributed by atoms with E-state index in [4.69, 9.17) is 9.47 Å². The van der Waals surface area contributed by atoms with Gasteiger partial charge in [0, 0.05) is 24.7 Å². The Labute approximate surface area is 126 Å². The van der Waals surface area contributed by atoms with Crippen LogP contribution in [-0.4, -0.2) is 37.7 Å². The van der Waals surface area contributed by atoms with Gasteiger partial charge in [0.15, 0.2) is 11.5 Å². The number of para-hydroxylation sites is 1. The molecule has 1 aliphatic heterocycles. The van der Waals surface area contributed by atoms with E-state index in [1.807, 2.05) is 23.1 Å². The highest BCUT2D eigenvalue weighted by atomic mass is 16.5. The van der Waals surface area contributed by atoms with Gasteiger partial charge in [-0.2, -0.15) is 0 Å². The summed E-state index contributed by atoms with van der Waals surface area (Å²) in [7, 11) is 3.21. The number of amides is 2. The molecule has 1 aliphatic rings. The number of benzene rings is 1. The van der Waals surface area contributed by atoms with Crippen molar-refractivity contribution < 1.29 is 14.3 Å². The number of likely N-dealkylation sites (tertiary alicyclic amines) is 1. The lowest BCUT2D eigenvalue weighted by atomic mass is 10.0. The zero-order chi connectivity index (χ0) is 15.2. The normalized spacial score (nSPS) is 18.2. The summed E-state index contributed by atoms with van der Waals surface area (Å²) in [6, 6.07) is 5.97. The van der Waals surface area contributed by atoms with Crippen LogP contribution in [0.4, 0.5) is 4.79 Å². The third-order valence-electron chi connectivity index (χ3n) is 3.98. The van der Waals surface area contributed by atoms with E-state index in [0.29, 0.717) is 24.1 Å². The van der Waals surface area contributed by atoms with E-state index in [0.717, 1.165) is 24.9 Å². The van der Waals surface area contributed by atoms with E-state index in [-0.39, 0.29) is 6.03 Å². The van der Waals surface area contributed by atoms with Crippen molar-refractivity contribution in [1.29, 1.82) is 0 Å². The SMILES string of the molecule is COc1cccc(CNC(=O)N2CCCCC2C)c1OC. The summed E-state index contributed by atoms with van der Waals surface area (Å²) in [5, 5.41) is 2.98. The smallest absolute Gasteiger partial charge is 0.317 e.